The van der Waals surface area contributed by atoms with Crippen molar-refractivity contribution in [2.45, 2.75) is 40.2 Å². The number of aromatic nitrogens is 2. The van der Waals surface area contributed by atoms with Crippen LogP contribution in [0.3, 0.4) is 0 Å². The van der Waals surface area contributed by atoms with E-state index in [-0.39, 0.29) is 5.91 Å². The third-order valence-electron chi connectivity index (χ3n) is 5.67. The van der Waals surface area contributed by atoms with Crippen LogP contribution in [0.1, 0.15) is 37.9 Å². The van der Waals surface area contributed by atoms with Crippen LogP contribution >= 0.6 is 11.6 Å². The first-order chi connectivity index (χ1) is 14.4. The molecule has 1 aromatic heterocycles. The molecule has 2 aliphatic rings. The topological polar surface area (TPSA) is 50.6 Å². The van der Waals surface area contributed by atoms with Crippen LogP contribution in [0.4, 0.5) is 5.82 Å². The summed E-state index contributed by atoms with van der Waals surface area (Å²) in [5, 5.41) is 5.42. The molecule has 2 fully saturated rings. The second-order valence-corrected chi connectivity index (χ2v) is 9.42. The van der Waals surface area contributed by atoms with Gasteiger partial charge in [-0.15, -0.1) is 0 Å². The summed E-state index contributed by atoms with van der Waals surface area (Å²) >= 11 is 6.24. The van der Waals surface area contributed by atoms with Crippen LogP contribution in [0.2, 0.25) is 5.02 Å². The van der Waals surface area contributed by atoms with Crippen molar-refractivity contribution in [1.82, 2.24) is 14.7 Å². The molecular weight excluding hydrogens is 400 g/mol. The number of piperazine rings is 1. The van der Waals surface area contributed by atoms with Crippen molar-refractivity contribution in [3.8, 4) is 5.75 Å². The Balaban J connectivity index is 1.47. The standard InChI is InChI=1S/C23H31ClN4O2/c1-16(2)15-30-21-7-6-20(24)11-19(21)13-28-17(3)10-22(25-28)27-9-8-26(14-23(27)29)12-18-4-5-18/h6-7,10-11,16,18H,4-5,8-9,12-15H2,1-3H3. The Morgan fingerprint density at radius 1 is 1.23 bits per heavy atom. The fourth-order valence-electron chi connectivity index (χ4n) is 3.80. The van der Waals surface area contributed by atoms with E-state index in [0.717, 1.165) is 41.8 Å². The number of amides is 1. The lowest BCUT2D eigenvalue weighted by molar-refractivity contribution is -0.121. The third kappa shape index (κ3) is 5.16. The maximum atomic E-state index is 12.7. The fourth-order valence-corrected chi connectivity index (χ4v) is 4.00. The van der Waals surface area contributed by atoms with E-state index in [9.17, 15) is 4.79 Å². The number of nitrogens with zero attached hydrogens (tertiary/aromatic N) is 4. The second kappa shape index (κ2) is 8.98. The first-order valence-corrected chi connectivity index (χ1v) is 11.2. The quantitative estimate of drug-likeness (QED) is 0.635. The summed E-state index contributed by atoms with van der Waals surface area (Å²) in [7, 11) is 0. The summed E-state index contributed by atoms with van der Waals surface area (Å²) in [6.07, 6.45) is 2.62. The summed E-state index contributed by atoms with van der Waals surface area (Å²) in [5.41, 5.74) is 1.99. The van der Waals surface area contributed by atoms with Crippen LogP contribution in [0.15, 0.2) is 24.3 Å². The Hall–Kier alpha value is -2.05. The molecule has 1 aliphatic heterocycles. The minimum absolute atomic E-state index is 0.135. The number of carbonyl (C=O) groups excluding carboxylic acids is 1. The van der Waals surface area contributed by atoms with E-state index in [1.165, 1.54) is 12.8 Å². The molecule has 162 valence electrons. The highest BCUT2D eigenvalue weighted by atomic mass is 35.5. The van der Waals surface area contributed by atoms with Crippen LogP contribution in [-0.4, -0.2) is 53.4 Å². The molecule has 1 amide bonds. The first-order valence-electron chi connectivity index (χ1n) is 10.9. The van der Waals surface area contributed by atoms with E-state index in [1.54, 1.807) is 0 Å². The molecule has 30 heavy (non-hydrogen) atoms. The average Bonchev–Trinajstić information content (AvgIpc) is 3.43. The fraction of sp³-hybridized carbons (Fsp3) is 0.565. The Bertz CT molecular complexity index is 907. The number of benzene rings is 1. The lowest BCUT2D eigenvalue weighted by Gasteiger charge is -2.33. The summed E-state index contributed by atoms with van der Waals surface area (Å²) in [6, 6.07) is 7.69. The van der Waals surface area contributed by atoms with Crippen molar-refractivity contribution in [3.63, 3.8) is 0 Å². The summed E-state index contributed by atoms with van der Waals surface area (Å²) in [5.74, 6) is 2.94. The zero-order chi connectivity index (χ0) is 21.3. The molecule has 4 rings (SSSR count). The molecule has 0 atom stereocenters. The molecule has 2 heterocycles. The van der Waals surface area contributed by atoms with Gasteiger partial charge >= 0.3 is 0 Å². The molecule has 0 N–H and O–H groups in total. The second-order valence-electron chi connectivity index (χ2n) is 8.98. The molecule has 1 aliphatic carbocycles. The van der Waals surface area contributed by atoms with Gasteiger partial charge in [0.15, 0.2) is 5.82 Å². The molecule has 1 saturated carbocycles. The average molecular weight is 431 g/mol. The largest absolute Gasteiger partial charge is 0.493 e. The van der Waals surface area contributed by atoms with E-state index in [0.29, 0.717) is 37.2 Å². The Labute approximate surface area is 183 Å². The van der Waals surface area contributed by atoms with Gasteiger partial charge in [0.2, 0.25) is 5.91 Å². The highest BCUT2D eigenvalue weighted by Gasteiger charge is 2.31. The number of ether oxygens (including phenoxy) is 1. The molecule has 6 nitrogen and oxygen atoms in total. The third-order valence-corrected chi connectivity index (χ3v) is 5.91. The van der Waals surface area contributed by atoms with E-state index in [1.807, 2.05) is 40.8 Å². The van der Waals surface area contributed by atoms with Crippen molar-refractivity contribution in [2.75, 3.05) is 37.7 Å². The Kier molecular flexibility index (Phi) is 6.34. The van der Waals surface area contributed by atoms with Gasteiger partial charge < -0.3 is 4.74 Å². The van der Waals surface area contributed by atoms with Gasteiger partial charge in [0.05, 0.1) is 19.7 Å². The number of hydrogen-bond acceptors (Lipinski definition) is 4. The van der Waals surface area contributed by atoms with Crippen LogP contribution < -0.4 is 9.64 Å². The monoisotopic (exact) mass is 430 g/mol. The lowest BCUT2D eigenvalue weighted by Crippen LogP contribution is -2.51. The maximum Gasteiger partial charge on any atom is 0.242 e. The highest BCUT2D eigenvalue weighted by Crippen LogP contribution is 2.30. The predicted molar refractivity (Wildman–Crippen MR) is 119 cm³/mol. The number of hydrogen-bond donors (Lipinski definition) is 0. The number of carbonyl (C=O) groups is 1. The first kappa shape index (κ1) is 21.2. The minimum atomic E-state index is 0.135. The summed E-state index contributed by atoms with van der Waals surface area (Å²) in [4.78, 5) is 16.8. The molecular formula is C23H31ClN4O2. The van der Waals surface area contributed by atoms with E-state index in [2.05, 4.69) is 18.7 Å². The maximum absolute atomic E-state index is 12.7. The van der Waals surface area contributed by atoms with Crippen molar-refractivity contribution < 1.29 is 9.53 Å². The van der Waals surface area contributed by atoms with Gasteiger partial charge in [-0.2, -0.15) is 5.10 Å². The zero-order valence-corrected chi connectivity index (χ0v) is 18.9. The van der Waals surface area contributed by atoms with Crippen LogP contribution in [0.25, 0.3) is 0 Å². The molecule has 0 radical (unpaired) electrons. The lowest BCUT2D eigenvalue weighted by atomic mass is 10.2. The van der Waals surface area contributed by atoms with Crippen LogP contribution in [0, 0.1) is 18.8 Å². The molecule has 2 aromatic rings. The van der Waals surface area contributed by atoms with Gasteiger partial charge in [-0.3, -0.25) is 19.3 Å². The van der Waals surface area contributed by atoms with E-state index >= 15 is 0 Å². The van der Waals surface area contributed by atoms with Gasteiger partial charge in [0, 0.05) is 42.0 Å². The molecule has 7 heteroatoms. The normalized spacial score (nSPS) is 17.8. The van der Waals surface area contributed by atoms with E-state index < -0.39 is 0 Å². The minimum Gasteiger partial charge on any atom is -0.493 e. The molecule has 1 saturated heterocycles. The number of anilines is 1. The Morgan fingerprint density at radius 2 is 2.03 bits per heavy atom. The highest BCUT2D eigenvalue weighted by molar-refractivity contribution is 6.30. The van der Waals surface area contributed by atoms with E-state index in [4.69, 9.17) is 21.4 Å². The predicted octanol–water partition coefficient (Wildman–Crippen LogP) is 3.99. The van der Waals surface area contributed by atoms with Gasteiger partial charge in [-0.1, -0.05) is 25.4 Å². The zero-order valence-electron chi connectivity index (χ0n) is 18.1. The number of aryl methyl sites for hydroxylation is 1. The van der Waals surface area contributed by atoms with Crippen molar-refractivity contribution in [1.29, 1.82) is 0 Å². The van der Waals surface area contributed by atoms with Gasteiger partial charge in [-0.25, -0.2) is 0 Å². The van der Waals surface area contributed by atoms with Crippen molar-refractivity contribution in [2.24, 2.45) is 11.8 Å². The Morgan fingerprint density at radius 3 is 2.73 bits per heavy atom. The summed E-state index contributed by atoms with van der Waals surface area (Å²) in [6.45, 7) is 10.6. The number of rotatable bonds is 8. The van der Waals surface area contributed by atoms with Crippen molar-refractivity contribution in [3.05, 3.63) is 40.5 Å². The molecule has 1 aromatic carbocycles. The summed E-state index contributed by atoms with van der Waals surface area (Å²) < 4.78 is 7.91. The van der Waals surface area contributed by atoms with Gasteiger partial charge in [-0.05, 0) is 49.8 Å². The van der Waals surface area contributed by atoms with Gasteiger partial charge in [0.25, 0.3) is 0 Å². The SMILES string of the molecule is Cc1cc(N2CCN(CC3CC3)CC2=O)nn1Cc1cc(Cl)ccc1OCC(C)C. The molecule has 0 spiro atoms. The van der Waals surface area contributed by atoms with Gasteiger partial charge in [0.1, 0.15) is 5.75 Å². The van der Waals surface area contributed by atoms with Crippen molar-refractivity contribution >= 4 is 23.3 Å². The molecule has 0 bridgehead atoms. The van der Waals surface area contributed by atoms with Crippen LogP contribution in [0.5, 0.6) is 5.75 Å². The number of halogens is 1. The van der Waals surface area contributed by atoms with Crippen LogP contribution in [-0.2, 0) is 11.3 Å². The smallest absolute Gasteiger partial charge is 0.242 e. The molecule has 0 unspecified atom stereocenters.